The third-order valence-corrected chi connectivity index (χ3v) is 8.02. The quantitative estimate of drug-likeness (QED) is 0.279. The number of benzene rings is 3. The highest BCUT2D eigenvalue weighted by Gasteiger charge is 2.34. The Morgan fingerprint density at radius 3 is 2.20 bits per heavy atom. The lowest BCUT2D eigenvalue weighted by molar-refractivity contribution is -0.140. The van der Waals surface area contributed by atoms with Crippen LogP contribution >= 0.6 is 23.2 Å². The van der Waals surface area contributed by atoms with E-state index in [1.54, 1.807) is 49.4 Å². The summed E-state index contributed by atoms with van der Waals surface area (Å²) in [5.74, 6) is -0.617. The predicted octanol–water partition coefficient (Wildman–Crippen LogP) is 5.32. The van der Waals surface area contributed by atoms with Gasteiger partial charge in [-0.3, -0.25) is 13.9 Å². The molecule has 0 bridgehead atoms. The summed E-state index contributed by atoms with van der Waals surface area (Å²) < 4.78 is 32.7. The number of nitrogens with one attached hydrogen (secondary N) is 1. The third kappa shape index (κ3) is 9.11. The van der Waals surface area contributed by atoms with Gasteiger partial charge in [-0.1, -0.05) is 71.7 Å². The van der Waals surface area contributed by atoms with E-state index in [2.05, 4.69) is 5.32 Å². The van der Waals surface area contributed by atoms with E-state index in [0.717, 1.165) is 16.1 Å². The Hall–Kier alpha value is -3.27. The number of carbonyl (C=O) groups excluding carboxylic acids is 2. The van der Waals surface area contributed by atoms with Gasteiger partial charge < -0.3 is 15.0 Å². The number of hydrogen-bond acceptors (Lipinski definition) is 5. The van der Waals surface area contributed by atoms with E-state index in [1.807, 2.05) is 44.2 Å². The zero-order valence-corrected chi connectivity index (χ0v) is 25.8. The normalized spacial score (nSPS) is 12.1. The number of amides is 2. The summed E-state index contributed by atoms with van der Waals surface area (Å²) in [6.45, 7) is 5.19. The first kappa shape index (κ1) is 32.2. The van der Waals surface area contributed by atoms with Crippen molar-refractivity contribution >= 4 is 50.7 Å². The van der Waals surface area contributed by atoms with Crippen LogP contribution < -0.4 is 14.4 Å². The molecule has 0 saturated carbocycles. The highest BCUT2D eigenvalue weighted by Crippen LogP contribution is 2.30. The molecule has 0 radical (unpaired) electrons. The van der Waals surface area contributed by atoms with Gasteiger partial charge in [-0.15, -0.1) is 0 Å². The van der Waals surface area contributed by atoms with Gasteiger partial charge in [-0.2, -0.15) is 0 Å². The molecule has 0 heterocycles. The molecule has 1 atom stereocenters. The van der Waals surface area contributed by atoms with Crippen LogP contribution in [-0.2, 0) is 32.6 Å². The van der Waals surface area contributed by atoms with Gasteiger partial charge in [0, 0.05) is 19.0 Å². The van der Waals surface area contributed by atoms with Crippen molar-refractivity contribution in [2.75, 3.05) is 23.7 Å². The number of para-hydroxylation sites is 2. The second kappa shape index (κ2) is 14.6. The van der Waals surface area contributed by atoms with Gasteiger partial charge in [0.15, 0.2) is 0 Å². The van der Waals surface area contributed by atoms with Crippen LogP contribution in [0.4, 0.5) is 5.69 Å². The number of sulfonamides is 1. The van der Waals surface area contributed by atoms with Crippen molar-refractivity contribution in [1.82, 2.24) is 10.2 Å². The molecule has 0 spiro atoms. The molecule has 0 aromatic heterocycles. The van der Waals surface area contributed by atoms with Crippen molar-refractivity contribution in [3.05, 3.63) is 94.0 Å². The lowest BCUT2D eigenvalue weighted by atomic mass is 10.0. The molecular weight excluding hydrogens is 585 g/mol. The Morgan fingerprint density at radius 1 is 0.927 bits per heavy atom. The molecule has 3 aromatic rings. The molecule has 0 unspecified atom stereocenters. The van der Waals surface area contributed by atoms with E-state index < -0.39 is 28.5 Å². The molecule has 0 aliphatic carbocycles. The predicted molar refractivity (Wildman–Crippen MR) is 164 cm³/mol. The summed E-state index contributed by atoms with van der Waals surface area (Å²) in [7, 11) is -3.93. The maximum absolute atomic E-state index is 14.2. The van der Waals surface area contributed by atoms with Crippen LogP contribution in [0.25, 0.3) is 0 Å². The summed E-state index contributed by atoms with van der Waals surface area (Å²) in [5.41, 5.74) is 1.69. The van der Waals surface area contributed by atoms with Crippen LogP contribution in [0, 0.1) is 0 Å². The lowest BCUT2D eigenvalue weighted by Crippen LogP contribution is -2.54. The molecule has 2 amide bonds. The Morgan fingerprint density at radius 2 is 1.59 bits per heavy atom. The highest BCUT2D eigenvalue weighted by atomic mass is 35.5. The average molecular weight is 621 g/mol. The molecule has 1 N–H and O–H groups in total. The van der Waals surface area contributed by atoms with E-state index in [-0.39, 0.29) is 30.6 Å². The van der Waals surface area contributed by atoms with E-state index in [9.17, 15) is 18.0 Å². The SMILES string of the molecule is CCOc1ccccc1N(CC(=O)N(Cc1ccc(Cl)c(Cl)c1)[C@H](Cc1ccccc1)C(=O)NC(C)C)S(C)(=O)=O. The number of carbonyl (C=O) groups is 2. The van der Waals surface area contributed by atoms with Crippen molar-refractivity contribution in [2.45, 2.75) is 45.8 Å². The minimum atomic E-state index is -3.93. The molecular formula is C30H35Cl2N3O5S. The van der Waals surface area contributed by atoms with Gasteiger partial charge >= 0.3 is 0 Å². The molecule has 11 heteroatoms. The summed E-state index contributed by atoms with van der Waals surface area (Å²) in [6.07, 6.45) is 1.24. The third-order valence-electron chi connectivity index (χ3n) is 6.15. The van der Waals surface area contributed by atoms with E-state index >= 15 is 0 Å². The first-order chi connectivity index (χ1) is 19.4. The molecule has 220 valence electrons. The number of nitrogens with zero attached hydrogens (tertiary/aromatic N) is 2. The summed E-state index contributed by atoms with van der Waals surface area (Å²) >= 11 is 12.4. The Labute approximate surface area is 252 Å². The molecule has 41 heavy (non-hydrogen) atoms. The molecule has 3 aromatic carbocycles. The van der Waals surface area contributed by atoms with Crippen LogP contribution in [0.15, 0.2) is 72.8 Å². The zero-order chi connectivity index (χ0) is 30.2. The van der Waals surface area contributed by atoms with Crippen molar-refractivity contribution in [2.24, 2.45) is 0 Å². The standard InChI is InChI=1S/C30H35Cl2N3O5S/c1-5-40-28-14-10-9-13-26(28)35(41(4,38)39)20-29(36)34(19-23-15-16-24(31)25(32)17-23)27(30(37)33-21(2)3)18-22-11-7-6-8-12-22/h6-17,21,27H,5,18-20H2,1-4H3,(H,33,37)/t27-/m1/s1. The molecule has 0 fully saturated rings. The van der Waals surface area contributed by atoms with Gasteiger partial charge in [0.05, 0.1) is 28.6 Å². The fourth-order valence-corrected chi connectivity index (χ4v) is 5.48. The van der Waals surface area contributed by atoms with Crippen molar-refractivity contribution < 1.29 is 22.7 Å². The fourth-order valence-electron chi connectivity index (χ4n) is 4.30. The number of hydrogen-bond donors (Lipinski definition) is 1. The Kier molecular flexibility index (Phi) is 11.5. The molecule has 0 aliphatic rings. The maximum atomic E-state index is 14.2. The molecule has 0 saturated heterocycles. The van der Waals surface area contributed by atoms with Gasteiger partial charge in [0.2, 0.25) is 21.8 Å². The van der Waals surface area contributed by atoms with Crippen LogP contribution in [-0.4, -0.2) is 56.6 Å². The van der Waals surface area contributed by atoms with Gasteiger partial charge in [0.25, 0.3) is 0 Å². The van der Waals surface area contributed by atoms with Crippen LogP contribution in [0.3, 0.4) is 0 Å². The van der Waals surface area contributed by atoms with Crippen LogP contribution in [0.5, 0.6) is 5.75 Å². The number of rotatable bonds is 13. The largest absolute Gasteiger partial charge is 0.492 e. The minimum absolute atomic E-state index is 0.0105. The minimum Gasteiger partial charge on any atom is -0.492 e. The van der Waals surface area contributed by atoms with E-state index in [0.29, 0.717) is 28.0 Å². The van der Waals surface area contributed by atoms with Crippen molar-refractivity contribution in [3.63, 3.8) is 0 Å². The summed E-state index contributed by atoms with van der Waals surface area (Å²) in [6, 6.07) is 19.8. The highest BCUT2D eigenvalue weighted by molar-refractivity contribution is 7.92. The Bertz CT molecular complexity index is 1450. The summed E-state index contributed by atoms with van der Waals surface area (Å²) in [5, 5.41) is 3.56. The molecule has 0 aliphatic heterocycles. The topological polar surface area (TPSA) is 96.0 Å². The first-order valence-corrected chi connectivity index (χ1v) is 15.8. The van der Waals surface area contributed by atoms with Gasteiger partial charge in [0.1, 0.15) is 18.3 Å². The maximum Gasteiger partial charge on any atom is 0.244 e. The van der Waals surface area contributed by atoms with Crippen molar-refractivity contribution in [3.8, 4) is 5.75 Å². The van der Waals surface area contributed by atoms with Crippen LogP contribution in [0.1, 0.15) is 31.9 Å². The van der Waals surface area contributed by atoms with Crippen molar-refractivity contribution in [1.29, 1.82) is 0 Å². The van der Waals surface area contributed by atoms with Gasteiger partial charge in [-0.05, 0) is 56.2 Å². The molecule has 8 nitrogen and oxygen atoms in total. The number of halogens is 2. The smallest absolute Gasteiger partial charge is 0.244 e. The summed E-state index contributed by atoms with van der Waals surface area (Å²) in [4.78, 5) is 29.2. The number of anilines is 1. The van der Waals surface area contributed by atoms with Gasteiger partial charge in [-0.25, -0.2) is 8.42 Å². The average Bonchev–Trinajstić information content (AvgIpc) is 2.91. The molecule has 3 rings (SSSR count). The fraction of sp³-hybridized carbons (Fsp3) is 0.333. The van der Waals surface area contributed by atoms with E-state index in [1.165, 1.54) is 4.90 Å². The first-order valence-electron chi connectivity index (χ1n) is 13.2. The lowest BCUT2D eigenvalue weighted by Gasteiger charge is -2.34. The zero-order valence-electron chi connectivity index (χ0n) is 23.5. The second-order valence-electron chi connectivity index (χ2n) is 9.81. The van der Waals surface area contributed by atoms with E-state index in [4.69, 9.17) is 27.9 Å². The number of ether oxygens (including phenoxy) is 1. The Balaban J connectivity index is 2.10. The second-order valence-corrected chi connectivity index (χ2v) is 12.5. The van der Waals surface area contributed by atoms with Crippen LogP contribution in [0.2, 0.25) is 10.0 Å². The monoisotopic (exact) mass is 619 g/mol.